The van der Waals surface area contributed by atoms with Gasteiger partial charge in [-0.2, -0.15) is 0 Å². The summed E-state index contributed by atoms with van der Waals surface area (Å²) in [7, 11) is 0. The highest BCUT2D eigenvalue weighted by atomic mass is 79.9. The van der Waals surface area contributed by atoms with Gasteiger partial charge in [-0.15, -0.1) is 0 Å². The van der Waals surface area contributed by atoms with Crippen LogP contribution in [0, 0.1) is 0 Å². The Labute approximate surface area is 119 Å². The molecule has 18 heavy (non-hydrogen) atoms. The number of aryl methyl sites for hydroxylation is 1. The van der Waals surface area contributed by atoms with Gasteiger partial charge in [0.2, 0.25) is 0 Å². The second-order valence-electron chi connectivity index (χ2n) is 5.37. The highest BCUT2D eigenvalue weighted by Gasteiger charge is 2.24. The molecule has 1 saturated heterocycles. The molecule has 100 valence electrons. The topological polar surface area (TPSA) is 15.3 Å². The number of hydrogen-bond acceptors (Lipinski definition) is 2. The number of anilines is 1. The van der Waals surface area contributed by atoms with E-state index in [-0.39, 0.29) is 0 Å². The molecule has 1 fully saturated rings. The molecule has 2 nitrogen and oxygen atoms in total. The fraction of sp³-hybridized carbons (Fsp3) is 0.600. The van der Waals surface area contributed by atoms with E-state index in [4.69, 9.17) is 0 Å². The second kappa shape index (κ2) is 6.07. The van der Waals surface area contributed by atoms with E-state index in [0.29, 0.717) is 12.1 Å². The van der Waals surface area contributed by atoms with Crippen LogP contribution in [0.3, 0.4) is 0 Å². The minimum Gasteiger partial charge on any atom is -0.381 e. The van der Waals surface area contributed by atoms with E-state index < -0.39 is 0 Å². The Bertz CT molecular complexity index is 403. The van der Waals surface area contributed by atoms with Crippen LogP contribution < -0.4 is 5.32 Å². The van der Waals surface area contributed by atoms with E-state index in [2.05, 4.69) is 65.1 Å². The zero-order valence-corrected chi connectivity index (χ0v) is 13.1. The van der Waals surface area contributed by atoms with Crippen molar-refractivity contribution in [3.05, 3.63) is 28.2 Å². The summed E-state index contributed by atoms with van der Waals surface area (Å²) >= 11 is 3.54. The summed E-state index contributed by atoms with van der Waals surface area (Å²) in [5.74, 6) is 0. The number of hydrogen-bond donors (Lipinski definition) is 1. The first-order valence-corrected chi connectivity index (χ1v) is 7.68. The Morgan fingerprint density at radius 3 is 2.83 bits per heavy atom. The summed E-state index contributed by atoms with van der Waals surface area (Å²) < 4.78 is 1.17. The summed E-state index contributed by atoms with van der Waals surface area (Å²) in [5, 5.41) is 3.71. The van der Waals surface area contributed by atoms with Crippen molar-refractivity contribution >= 4 is 21.6 Å². The fourth-order valence-corrected chi connectivity index (χ4v) is 3.00. The van der Waals surface area contributed by atoms with Gasteiger partial charge in [-0.1, -0.05) is 22.9 Å². The van der Waals surface area contributed by atoms with Crippen molar-refractivity contribution in [2.45, 2.75) is 45.7 Å². The molecule has 1 N–H and O–H groups in total. The summed E-state index contributed by atoms with van der Waals surface area (Å²) in [6.45, 7) is 9.14. The molecule has 0 aliphatic carbocycles. The smallest absolute Gasteiger partial charge is 0.0400 e. The third kappa shape index (κ3) is 3.27. The van der Waals surface area contributed by atoms with Gasteiger partial charge in [-0.3, -0.25) is 4.90 Å². The van der Waals surface area contributed by atoms with Crippen molar-refractivity contribution in [3.8, 4) is 0 Å². The Kier molecular flexibility index (Phi) is 4.68. The molecule has 0 saturated carbocycles. The molecule has 1 aromatic carbocycles. The van der Waals surface area contributed by atoms with Gasteiger partial charge in [-0.05, 0) is 50.5 Å². The molecule has 1 aliphatic heterocycles. The highest BCUT2D eigenvalue weighted by Crippen LogP contribution is 2.24. The summed E-state index contributed by atoms with van der Waals surface area (Å²) in [6, 6.07) is 7.79. The van der Waals surface area contributed by atoms with Crippen LogP contribution in [0.15, 0.2) is 22.7 Å². The number of halogens is 1. The average molecular weight is 311 g/mol. The van der Waals surface area contributed by atoms with Gasteiger partial charge in [0, 0.05) is 35.3 Å². The van der Waals surface area contributed by atoms with Crippen LogP contribution in [0.2, 0.25) is 0 Å². The number of benzene rings is 1. The zero-order chi connectivity index (χ0) is 13.1. The van der Waals surface area contributed by atoms with Gasteiger partial charge >= 0.3 is 0 Å². The van der Waals surface area contributed by atoms with E-state index in [0.717, 1.165) is 13.0 Å². The van der Waals surface area contributed by atoms with Crippen molar-refractivity contribution in [2.24, 2.45) is 0 Å². The number of nitrogens with zero attached hydrogens (tertiary/aromatic N) is 1. The van der Waals surface area contributed by atoms with Crippen molar-refractivity contribution in [3.63, 3.8) is 0 Å². The van der Waals surface area contributed by atoms with Crippen LogP contribution in [-0.2, 0) is 6.42 Å². The van der Waals surface area contributed by atoms with Crippen LogP contribution in [0.4, 0.5) is 5.69 Å². The van der Waals surface area contributed by atoms with Gasteiger partial charge in [0.15, 0.2) is 0 Å². The van der Waals surface area contributed by atoms with E-state index in [9.17, 15) is 0 Å². The summed E-state index contributed by atoms with van der Waals surface area (Å²) in [5.41, 5.74) is 2.70. The standard InChI is InChI=1S/C15H23BrN2/c1-4-12-9-13(16)5-6-15(12)17-14-7-8-18(10-14)11(2)3/h5-6,9,11,14,17H,4,7-8,10H2,1-3H3. The Morgan fingerprint density at radius 2 is 2.22 bits per heavy atom. The average Bonchev–Trinajstić information content (AvgIpc) is 2.80. The number of nitrogens with one attached hydrogen (secondary N) is 1. The molecule has 0 amide bonds. The van der Waals surface area contributed by atoms with Crippen LogP contribution in [0.1, 0.15) is 32.8 Å². The molecule has 0 bridgehead atoms. The predicted octanol–water partition coefficient (Wildman–Crippen LogP) is 3.91. The van der Waals surface area contributed by atoms with E-state index in [1.165, 1.54) is 28.7 Å². The maximum absolute atomic E-state index is 3.71. The quantitative estimate of drug-likeness (QED) is 0.907. The normalized spacial score (nSPS) is 20.6. The van der Waals surface area contributed by atoms with E-state index >= 15 is 0 Å². The summed E-state index contributed by atoms with van der Waals surface area (Å²) in [6.07, 6.45) is 2.32. The monoisotopic (exact) mass is 310 g/mol. The molecule has 1 heterocycles. The molecular formula is C15H23BrN2. The van der Waals surface area contributed by atoms with Gasteiger partial charge in [0.25, 0.3) is 0 Å². The zero-order valence-electron chi connectivity index (χ0n) is 11.5. The largest absolute Gasteiger partial charge is 0.381 e. The van der Waals surface area contributed by atoms with Crippen LogP contribution in [-0.4, -0.2) is 30.1 Å². The molecule has 2 rings (SSSR count). The minimum atomic E-state index is 0.596. The lowest BCUT2D eigenvalue weighted by Gasteiger charge is -2.21. The van der Waals surface area contributed by atoms with E-state index in [1.807, 2.05) is 0 Å². The van der Waals surface area contributed by atoms with Crippen molar-refractivity contribution in [2.75, 3.05) is 18.4 Å². The number of likely N-dealkylation sites (tertiary alicyclic amines) is 1. The number of rotatable bonds is 4. The fourth-order valence-electron chi connectivity index (χ4n) is 2.59. The first-order valence-electron chi connectivity index (χ1n) is 6.89. The Balaban J connectivity index is 2.02. The minimum absolute atomic E-state index is 0.596. The third-order valence-electron chi connectivity index (χ3n) is 3.76. The predicted molar refractivity (Wildman–Crippen MR) is 82.3 cm³/mol. The summed E-state index contributed by atoms with van der Waals surface area (Å²) in [4.78, 5) is 2.54. The molecule has 1 aliphatic rings. The molecule has 0 radical (unpaired) electrons. The van der Waals surface area contributed by atoms with Crippen molar-refractivity contribution in [1.29, 1.82) is 0 Å². The third-order valence-corrected chi connectivity index (χ3v) is 4.25. The van der Waals surface area contributed by atoms with Crippen molar-refractivity contribution < 1.29 is 0 Å². The highest BCUT2D eigenvalue weighted by molar-refractivity contribution is 9.10. The lowest BCUT2D eigenvalue weighted by Crippen LogP contribution is -2.31. The Morgan fingerprint density at radius 1 is 1.44 bits per heavy atom. The van der Waals surface area contributed by atoms with E-state index in [1.54, 1.807) is 0 Å². The lowest BCUT2D eigenvalue weighted by atomic mass is 10.1. The first kappa shape index (κ1) is 13.9. The Hall–Kier alpha value is -0.540. The molecule has 3 heteroatoms. The lowest BCUT2D eigenvalue weighted by molar-refractivity contribution is 0.274. The van der Waals surface area contributed by atoms with Gasteiger partial charge < -0.3 is 5.32 Å². The van der Waals surface area contributed by atoms with Crippen LogP contribution in [0.5, 0.6) is 0 Å². The molecule has 1 atom stereocenters. The molecule has 0 spiro atoms. The van der Waals surface area contributed by atoms with Gasteiger partial charge in [0.1, 0.15) is 0 Å². The maximum Gasteiger partial charge on any atom is 0.0400 e. The molecule has 1 aromatic rings. The van der Waals surface area contributed by atoms with Crippen molar-refractivity contribution in [1.82, 2.24) is 4.90 Å². The molecule has 1 unspecified atom stereocenters. The second-order valence-corrected chi connectivity index (χ2v) is 6.29. The van der Waals surface area contributed by atoms with Gasteiger partial charge in [-0.25, -0.2) is 0 Å². The SMILES string of the molecule is CCc1cc(Br)ccc1NC1CCN(C(C)C)C1. The van der Waals surface area contributed by atoms with Crippen LogP contribution >= 0.6 is 15.9 Å². The molecular weight excluding hydrogens is 288 g/mol. The maximum atomic E-state index is 3.71. The first-order chi connectivity index (χ1) is 8.60. The van der Waals surface area contributed by atoms with Crippen LogP contribution in [0.25, 0.3) is 0 Å². The molecule has 0 aromatic heterocycles. The van der Waals surface area contributed by atoms with Gasteiger partial charge in [0.05, 0.1) is 0 Å².